The Kier molecular flexibility index (Phi) is 7.37. The largest absolute Gasteiger partial charge is 0.351 e. The van der Waals surface area contributed by atoms with Crippen LogP contribution in [0.25, 0.3) is 10.8 Å². The summed E-state index contributed by atoms with van der Waals surface area (Å²) in [6, 6.07) is 13.8. The van der Waals surface area contributed by atoms with Crippen LogP contribution in [0.1, 0.15) is 26.3 Å². The van der Waals surface area contributed by atoms with E-state index in [1.54, 1.807) is 11.8 Å². The molecule has 0 aliphatic rings. The normalized spacial score (nSPS) is 12.5. The van der Waals surface area contributed by atoms with Crippen molar-refractivity contribution in [2.24, 2.45) is 5.73 Å². The second-order valence-electron chi connectivity index (χ2n) is 6.03. The number of ether oxygens (including phenoxy) is 2. The number of carbonyl (C=O) groups excluding carboxylic acids is 1. The van der Waals surface area contributed by atoms with Crippen LogP contribution in [-0.4, -0.2) is 42.9 Å². The van der Waals surface area contributed by atoms with Gasteiger partial charge in [0.25, 0.3) is 0 Å². The van der Waals surface area contributed by atoms with Gasteiger partial charge in [-0.1, -0.05) is 36.4 Å². The lowest BCUT2D eigenvalue weighted by Crippen LogP contribution is -2.46. The summed E-state index contributed by atoms with van der Waals surface area (Å²) in [5.41, 5.74) is 6.89. The number of nitrogens with two attached hydrogens (primary N) is 1. The molecular formula is C20H28N2O3. The summed E-state index contributed by atoms with van der Waals surface area (Å²) < 4.78 is 11.2. The van der Waals surface area contributed by atoms with Crippen molar-refractivity contribution in [3.05, 3.63) is 48.0 Å². The quantitative estimate of drug-likeness (QED) is 0.711. The number of benzene rings is 2. The monoisotopic (exact) mass is 344 g/mol. The van der Waals surface area contributed by atoms with Crippen molar-refractivity contribution in [2.45, 2.75) is 39.6 Å². The van der Waals surface area contributed by atoms with E-state index in [0.29, 0.717) is 26.3 Å². The highest BCUT2D eigenvalue weighted by Crippen LogP contribution is 2.17. The van der Waals surface area contributed by atoms with Gasteiger partial charge in [-0.15, -0.1) is 0 Å². The first-order chi connectivity index (χ1) is 12.0. The summed E-state index contributed by atoms with van der Waals surface area (Å²) in [5.74, 6) is -0.113. The molecule has 1 amide bonds. The molecule has 0 saturated heterocycles. The van der Waals surface area contributed by atoms with Gasteiger partial charge in [0.2, 0.25) is 5.91 Å². The van der Waals surface area contributed by atoms with Crippen LogP contribution in [0.3, 0.4) is 0 Å². The van der Waals surface area contributed by atoms with Crippen LogP contribution in [0.2, 0.25) is 0 Å². The number of amides is 1. The minimum Gasteiger partial charge on any atom is -0.351 e. The Morgan fingerprint density at radius 3 is 2.32 bits per heavy atom. The molecule has 0 aliphatic heterocycles. The Labute approximate surface area is 149 Å². The Morgan fingerprint density at radius 1 is 1.08 bits per heavy atom. The van der Waals surface area contributed by atoms with Crippen LogP contribution in [0.5, 0.6) is 0 Å². The predicted molar refractivity (Wildman–Crippen MR) is 100 cm³/mol. The fourth-order valence-electron chi connectivity index (χ4n) is 2.78. The topological polar surface area (TPSA) is 64.8 Å². The van der Waals surface area contributed by atoms with Crippen LogP contribution >= 0.6 is 0 Å². The summed E-state index contributed by atoms with van der Waals surface area (Å²) in [6.45, 7) is 7.41. The second kappa shape index (κ2) is 9.51. The number of carbonyl (C=O) groups is 1. The Hall–Kier alpha value is -1.95. The van der Waals surface area contributed by atoms with Crippen molar-refractivity contribution < 1.29 is 14.3 Å². The number of hydrogen-bond acceptors (Lipinski definition) is 4. The van der Waals surface area contributed by atoms with Gasteiger partial charge in [0.15, 0.2) is 6.29 Å². The third kappa shape index (κ3) is 5.53. The van der Waals surface area contributed by atoms with E-state index in [4.69, 9.17) is 15.2 Å². The number of hydrogen-bond donors (Lipinski definition) is 1. The molecule has 0 saturated carbocycles. The molecule has 5 heteroatoms. The molecule has 0 heterocycles. The van der Waals surface area contributed by atoms with Gasteiger partial charge in [-0.2, -0.15) is 0 Å². The molecule has 1 atom stereocenters. The first kappa shape index (κ1) is 19.4. The van der Waals surface area contributed by atoms with Gasteiger partial charge >= 0.3 is 0 Å². The molecule has 25 heavy (non-hydrogen) atoms. The Morgan fingerprint density at radius 2 is 1.72 bits per heavy atom. The van der Waals surface area contributed by atoms with Crippen LogP contribution in [0, 0.1) is 0 Å². The Balaban J connectivity index is 2.20. The van der Waals surface area contributed by atoms with E-state index in [2.05, 4.69) is 24.3 Å². The van der Waals surface area contributed by atoms with Crippen LogP contribution in [0.15, 0.2) is 42.5 Å². The maximum absolute atomic E-state index is 12.5. The van der Waals surface area contributed by atoms with Gasteiger partial charge in [0, 0.05) is 19.8 Å². The van der Waals surface area contributed by atoms with Crippen molar-refractivity contribution in [1.82, 2.24) is 4.90 Å². The molecule has 2 rings (SSSR count). The average Bonchev–Trinajstić information content (AvgIpc) is 2.60. The van der Waals surface area contributed by atoms with Gasteiger partial charge in [-0.05, 0) is 43.2 Å². The van der Waals surface area contributed by atoms with Gasteiger partial charge in [-0.3, -0.25) is 4.79 Å². The van der Waals surface area contributed by atoms with E-state index in [9.17, 15) is 4.79 Å². The molecule has 0 aliphatic carbocycles. The molecule has 0 fully saturated rings. The smallest absolute Gasteiger partial charge is 0.239 e. The van der Waals surface area contributed by atoms with E-state index in [-0.39, 0.29) is 5.91 Å². The van der Waals surface area contributed by atoms with Gasteiger partial charge in [0.05, 0.1) is 12.6 Å². The van der Waals surface area contributed by atoms with E-state index in [1.165, 1.54) is 5.39 Å². The highest BCUT2D eigenvalue weighted by Gasteiger charge is 2.22. The molecule has 136 valence electrons. The van der Waals surface area contributed by atoms with Crippen molar-refractivity contribution >= 4 is 16.7 Å². The molecule has 5 nitrogen and oxygen atoms in total. The SMILES string of the molecule is CCOC(CN(Cc1ccc2ccccc2c1)C(=O)C(C)N)OCC. The molecule has 2 N–H and O–H groups in total. The lowest BCUT2D eigenvalue weighted by Gasteiger charge is -2.29. The van der Waals surface area contributed by atoms with Crippen molar-refractivity contribution in [3.8, 4) is 0 Å². The average molecular weight is 344 g/mol. The highest BCUT2D eigenvalue weighted by molar-refractivity contribution is 5.84. The lowest BCUT2D eigenvalue weighted by molar-refractivity contribution is -0.160. The zero-order valence-electron chi connectivity index (χ0n) is 15.3. The molecule has 1 unspecified atom stereocenters. The van der Waals surface area contributed by atoms with E-state index < -0.39 is 12.3 Å². The fourth-order valence-corrected chi connectivity index (χ4v) is 2.78. The van der Waals surface area contributed by atoms with Gasteiger partial charge in [-0.25, -0.2) is 0 Å². The van der Waals surface area contributed by atoms with Crippen molar-refractivity contribution in [3.63, 3.8) is 0 Å². The van der Waals surface area contributed by atoms with Gasteiger partial charge < -0.3 is 20.1 Å². The summed E-state index contributed by atoms with van der Waals surface area (Å²) in [5, 5.41) is 2.33. The maximum atomic E-state index is 12.5. The van der Waals surface area contributed by atoms with Crippen LogP contribution in [0.4, 0.5) is 0 Å². The molecule has 0 spiro atoms. The van der Waals surface area contributed by atoms with Crippen LogP contribution < -0.4 is 5.73 Å². The fraction of sp³-hybridized carbons (Fsp3) is 0.450. The molecule has 0 aromatic heterocycles. The van der Waals surface area contributed by atoms with Gasteiger partial charge in [0.1, 0.15) is 0 Å². The molecule has 0 radical (unpaired) electrons. The Bertz CT molecular complexity index is 681. The molecular weight excluding hydrogens is 316 g/mol. The first-order valence-electron chi connectivity index (χ1n) is 8.80. The van der Waals surface area contributed by atoms with E-state index in [0.717, 1.165) is 10.9 Å². The summed E-state index contributed by atoms with van der Waals surface area (Å²) in [6.07, 6.45) is -0.446. The zero-order valence-corrected chi connectivity index (χ0v) is 15.3. The molecule has 2 aromatic carbocycles. The zero-order chi connectivity index (χ0) is 18.2. The number of nitrogens with zero attached hydrogens (tertiary/aromatic N) is 1. The number of rotatable bonds is 9. The lowest BCUT2D eigenvalue weighted by atomic mass is 10.1. The first-order valence-corrected chi connectivity index (χ1v) is 8.80. The molecule has 0 bridgehead atoms. The standard InChI is InChI=1S/C20H28N2O3/c1-4-24-19(25-5-2)14-22(20(23)15(3)21)13-16-10-11-17-8-6-7-9-18(17)12-16/h6-12,15,19H,4-5,13-14,21H2,1-3H3. The predicted octanol–water partition coefficient (Wildman–Crippen LogP) is 2.91. The van der Waals surface area contributed by atoms with E-state index >= 15 is 0 Å². The van der Waals surface area contributed by atoms with Crippen molar-refractivity contribution in [2.75, 3.05) is 19.8 Å². The maximum Gasteiger partial charge on any atom is 0.239 e. The summed E-state index contributed by atoms with van der Waals surface area (Å²) in [7, 11) is 0. The van der Waals surface area contributed by atoms with E-state index in [1.807, 2.05) is 32.0 Å². The highest BCUT2D eigenvalue weighted by atomic mass is 16.7. The second-order valence-corrected chi connectivity index (χ2v) is 6.03. The molecule has 2 aromatic rings. The van der Waals surface area contributed by atoms with Crippen molar-refractivity contribution in [1.29, 1.82) is 0 Å². The third-order valence-electron chi connectivity index (χ3n) is 3.96. The summed E-state index contributed by atoms with van der Waals surface area (Å²) in [4.78, 5) is 14.3. The summed E-state index contributed by atoms with van der Waals surface area (Å²) >= 11 is 0. The minimum atomic E-state index is -0.565. The third-order valence-corrected chi connectivity index (χ3v) is 3.96. The number of fused-ring (bicyclic) bond motifs is 1. The minimum absolute atomic E-state index is 0.113. The van der Waals surface area contributed by atoms with Crippen LogP contribution in [-0.2, 0) is 20.8 Å².